The Morgan fingerprint density at radius 3 is 1.46 bits per heavy atom. The van der Waals surface area contributed by atoms with Crippen molar-refractivity contribution in [1.82, 2.24) is 0 Å². The van der Waals surface area contributed by atoms with Crippen molar-refractivity contribution in [3.8, 4) is 0 Å². The van der Waals surface area contributed by atoms with Gasteiger partial charge in [-0.15, -0.1) is 0 Å². The average molecular weight is 184 g/mol. The highest BCUT2D eigenvalue weighted by Gasteiger charge is 2.50. The molecule has 4 heteroatoms. The van der Waals surface area contributed by atoms with E-state index in [-0.39, 0.29) is 23.7 Å². The first-order chi connectivity index (χ1) is 6.09. The first kappa shape index (κ1) is 8.53. The van der Waals surface area contributed by atoms with Crippen LogP contribution in [0.4, 0.5) is 0 Å². The van der Waals surface area contributed by atoms with Gasteiger partial charge in [-0.2, -0.15) is 0 Å². The Balaban J connectivity index is 2.07. The Bertz CT molecular complexity index is 234. The minimum absolute atomic E-state index is 0.114. The molecule has 2 N–H and O–H groups in total. The van der Waals surface area contributed by atoms with Crippen molar-refractivity contribution in [2.24, 2.45) is 23.7 Å². The van der Waals surface area contributed by atoms with Crippen LogP contribution in [-0.4, -0.2) is 22.2 Å². The second kappa shape index (κ2) is 2.72. The maximum atomic E-state index is 10.7. The number of carboxylic acids is 2. The first-order valence-corrected chi connectivity index (χ1v) is 4.55. The zero-order valence-electron chi connectivity index (χ0n) is 7.14. The fourth-order valence-electron chi connectivity index (χ4n) is 2.88. The highest BCUT2D eigenvalue weighted by molar-refractivity contribution is 5.74. The molecule has 2 aliphatic carbocycles. The maximum Gasteiger partial charge on any atom is 0.306 e. The van der Waals surface area contributed by atoms with Crippen LogP contribution in [0.1, 0.15) is 19.3 Å². The average Bonchev–Trinajstić information content (AvgIpc) is 2.60. The predicted octanol–water partition coefficient (Wildman–Crippen LogP) is 0.818. The molecule has 0 saturated heterocycles. The number of carbonyl (C=O) groups is 2. The van der Waals surface area contributed by atoms with Gasteiger partial charge >= 0.3 is 11.9 Å². The number of fused-ring (bicyclic) bond motifs is 2. The lowest BCUT2D eigenvalue weighted by Crippen LogP contribution is -2.28. The standard InChI is InChI=1S/C9H12O4/c10-8(11)6-2-4-1-5(6)3-7(4)9(12)13/h4-7H,1-3H2,(H,10,11)(H,12,13). The topological polar surface area (TPSA) is 74.6 Å². The summed E-state index contributed by atoms with van der Waals surface area (Å²) >= 11 is 0. The van der Waals surface area contributed by atoms with Crippen LogP contribution < -0.4 is 0 Å². The minimum Gasteiger partial charge on any atom is -0.481 e. The Morgan fingerprint density at radius 1 is 0.846 bits per heavy atom. The molecule has 2 bridgehead atoms. The Hall–Kier alpha value is -1.06. The molecule has 2 aliphatic rings. The van der Waals surface area contributed by atoms with E-state index in [9.17, 15) is 9.59 Å². The zero-order chi connectivity index (χ0) is 9.59. The molecule has 13 heavy (non-hydrogen) atoms. The summed E-state index contributed by atoms with van der Waals surface area (Å²) in [7, 11) is 0. The van der Waals surface area contributed by atoms with Crippen molar-refractivity contribution in [2.45, 2.75) is 19.3 Å². The number of carboxylic acid groups (broad SMARTS) is 2. The first-order valence-electron chi connectivity index (χ1n) is 4.55. The summed E-state index contributed by atoms with van der Waals surface area (Å²) in [5.41, 5.74) is 0. The maximum absolute atomic E-state index is 10.7. The van der Waals surface area contributed by atoms with Crippen molar-refractivity contribution >= 4 is 11.9 Å². The molecule has 4 unspecified atom stereocenters. The monoisotopic (exact) mass is 184 g/mol. The molecule has 4 nitrogen and oxygen atoms in total. The van der Waals surface area contributed by atoms with E-state index in [0.717, 1.165) is 6.42 Å². The van der Waals surface area contributed by atoms with Crippen molar-refractivity contribution in [3.63, 3.8) is 0 Å². The van der Waals surface area contributed by atoms with E-state index in [0.29, 0.717) is 12.8 Å². The quantitative estimate of drug-likeness (QED) is 0.666. The number of hydrogen-bond donors (Lipinski definition) is 2. The van der Waals surface area contributed by atoms with Crippen LogP contribution in [-0.2, 0) is 9.59 Å². The summed E-state index contributed by atoms with van der Waals surface area (Å²) in [6, 6.07) is 0. The van der Waals surface area contributed by atoms with E-state index in [1.54, 1.807) is 0 Å². The Labute approximate surface area is 75.6 Å². The van der Waals surface area contributed by atoms with Gasteiger partial charge in [0, 0.05) is 0 Å². The SMILES string of the molecule is O=C(O)C1CC2CC1CC2C(=O)O. The van der Waals surface area contributed by atoms with Crippen LogP contribution in [0.15, 0.2) is 0 Å². The summed E-state index contributed by atoms with van der Waals surface area (Å²) in [5.74, 6) is -1.83. The van der Waals surface area contributed by atoms with Crippen molar-refractivity contribution in [2.75, 3.05) is 0 Å². The number of hydrogen-bond acceptors (Lipinski definition) is 2. The van der Waals surface area contributed by atoms with Gasteiger partial charge in [-0.25, -0.2) is 0 Å². The third-order valence-electron chi connectivity index (χ3n) is 3.49. The van der Waals surface area contributed by atoms with Crippen molar-refractivity contribution in [1.29, 1.82) is 0 Å². The van der Waals surface area contributed by atoms with E-state index in [1.165, 1.54) is 0 Å². The van der Waals surface area contributed by atoms with Gasteiger partial charge < -0.3 is 10.2 Å². The lowest BCUT2D eigenvalue weighted by Gasteiger charge is -2.22. The summed E-state index contributed by atoms with van der Waals surface area (Å²) in [6.07, 6.45) is 1.93. The molecule has 0 aromatic rings. The largest absolute Gasteiger partial charge is 0.481 e. The van der Waals surface area contributed by atoms with Gasteiger partial charge in [0.1, 0.15) is 0 Å². The van der Waals surface area contributed by atoms with Gasteiger partial charge in [-0.3, -0.25) is 9.59 Å². The van der Waals surface area contributed by atoms with Crippen LogP contribution >= 0.6 is 0 Å². The van der Waals surface area contributed by atoms with Crippen molar-refractivity contribution < 1.29 is 19.8 Å². The van der Waals surface area contributed by atoms with Gasteiger partial charge in [0.15, 0.2) is 0 Å². The van der Waals surface area contributed by atoms with Gasteiger partial charge in [-0.05, 0) is 31.1 Å². The normalized spacial score (nSPS) is 42.2. The number of rotatable bonds is 2. The van der Waals surface area contributed by atoms with E-state index in [2.05, 4.69) is 0 Å². The molecule has 0 amide bonds. The smallest absolute Gasteiger partial charge is 0.306 e. The van der Waals surface area contributed by atoms with Gasteiger partial charge in [0.2, 0.25) is 0 Å². The molecule has 0 aliphatic heterocycles. The van der Waals surface area contributed by atoms with Crippen LogP contribution in [0, 0.1) is 23.7 Å². The molecule has 0 heterocycles. The van der Waals surface area contributed by atoms with Crippen molar-refractivity contribution in [3.05, 3.63) is 0 Å². The summed E-state index contributed by atoms with van der Waals surface area (Å²) in [6.45, 7) is 0. The molecule has 0 aromatic carbocycles. The van der Waals surface area contributed by atoms with Crippen LogP contribution in [0.5, 0.6) is 0 Å². The molecule has 0 aromatic heterocycles. The summed E-state index contributed by atoms with van der Waals surface area (Å²) in [5, 5.41) is 17.6. The van der Waals surface area contributed by atoms with Crippen LogP contribution in [0.3, 0.4) is 0 Å². The summed E-state index contributed by atoms with van der Waals surface area (Å²) in [4.78, 5) is 21.4. The molecule has 0 radical (unpaired) electrons. The second-order valence-corrected chi connectivity index (χ2v) is 4.12. The van der Waals surface area contributed by atoms with E-state index >= 15 is 0 Å². The Morgan fingerprint density at radius 2 is 1.23 bits per heavy atom. The van der Waals surface area contributed by atoms with Crippen LogP contribution in [0.2, 0.25) is 0 Å². The molecule has 2 rings (SSSR count). The van der Waals surface area contributed by atoms with E-state index < -0.39 is 11.9 Å². The fourth-order valence-corrected chi connectivity index (χ4v) is 2.88. The Kier molecular flexibility index (Phi) is 1.78. The third-order valence-corrected chi connectivity index (χ3v) is 3.49. The molecule has 0 spiro atoms. The fraction of sp³-hybridized carbons (Fsp3) is 0.778. The lowest BCUT2D eigenvalue weighted by molar-refractivity contribution is -0.148. The predicted molar refractivity (Wildman–Crippen MR) is 43.1 cm³/mol. The molecule has 4 atom stereocenters. The van der Waals surface area contributed by atoms with Crippen LogP contribution in [0.25, 0.3) is 0 Å². The van der Waals surface area contributed by atoms with Gasteiger partial charge in [0.25, 0.3) is 0 Å². The molecular weight excluding hydrogens is 172 g/mol. The van der Waals surface area contributed by atoms with E-state index in [4.69, 9.17) is 10.2 Å². The molecule has 72 valence electrons. The summed E-state index contributed by atoms with van der Waals surface area (Å²) < 4.78 is 0. The second-order valence-electron chi connectivity index (χ2n) is 4.12. The molecular formula is C9H12O4. The molecule has 2 fully saturated rings. The third kappa shape index (κ3) is 1.20. The van der Waals surface area contributed by atoms with Gasteiger partial charge in [0.05, 0.1) is 11.8 Å². The van der Waals surface area contributed by atoms with Gasteiger partial charge in [-0.1, -0.05) is 0 Å². The van der Waals surface area contributed by atoms with E-state index in [1.807, 2.05) is 0 Å². The highest BCUT2D eigenvalue weighted by atomic mass is 16.4. The minimum atomic E-state index is -0.753. The lowest BCUT2D eigenvalue weighted by atomic mass is 9.82. The number of aliphatic carboxylic acids is 2. The highest BCUT2D eigenvalue weighted by Crippen LogP contribution is 2.51. The zero-order valence-corrected chi connectivity index (χ0v) is 7.14. The molecule has 2 saturated carbocycles.